The second kappa shape index (κ2) is 6.50. The van der Waals surface area contributed by atoms with E-state index in [1.807, 2.05) is 0 Å². The number of hydrogen-bond acceptors (Lipinski definition) is 11. The first-order chi connectivity index (χ1) is 12.5. The van der Waals surface area contributed by atoms with Crippen LogP contribution in [0.25, 0.3) is 11.2 Å². The third-order valence-corrected chi connectivity index (χ3v) is 4.92. The largest absolute Gasteiger partial charge is 0.394 e. The molecule has 1 saturated heterocycles. The number of nitrogens with zero attached hydrogens (tertiary/aromatic N) is 5. The maximum Gasteiger partial charge on any atom is 0.225 e. The van der Waals surface area contributed by atoms with Gasteiger partial charge in [0.25, 0.3) is 0 Å². The molecule has 0 aliphatic carbocycles. The number of hydrogen-bond donors (Lipinski definition) is 5. The number of rotatable bonds is 5. The highest BCUT2D eigenvalue weighted by Crippen LogP contribution is 2.37. The Morgan fingerprint density at radius 1 is 1.44 bits per heavy atom. The van der Waals surface area contributed by atoms with Gasteiger partial charge in [0.1, 0.15) is 18.3 Å². The maximum absolute atomic E-state index is 11.5. The summed E-state index contributed by atoms with van der Waals surface area (Å²) < 4.78 is 30.0. The molecule has 3 rings (SSSR count). The number of aliphatic hydroxyl groups is 3. The van der Waals surface area contributed by atoms with Crippen LogP contribution in [0.1, 0.15) is 6.92 Å². The van der Waals surface area contributed by atoms with E-state index in [0.29, 0.717) is 0 Å². The fourth-order valence-corrected chi connectivity index (χ4v) is 3.65. The highest BCUT2D eigenvalue weighted by Gasteiger charge is 2.53. The third kappa shape index (κ3) is 3.30. The molecule has 0 saturated carbocycles. The second-order valence-electron chi connectivity index (χ2n) is 6.44. The van der Waals surface area contributed by atoms with Crippen molar-refractivity contribution in [1.82, 2.24) is 24.4 Å². The van der Waals surface area contributed by atoms with Crippen molar-refractivity contribution in [1.29, 1.82) is 0 Å². The summed E-state index contributed by atoms with van der Waals surface area (Å²) in [6, 6.07) is 0. The van der Waals surface area contributed by atoms with Crippen LogP contribution in [0.3, 0.4) is 0 Å². The molecular formula is C13H21N7O6S. The van der Waals surface area contributed by atoms with Crippen molar-refractivity contribution < 1.29 is 28.5 Å². The third-order valence-electron chi connectivity index (χ3n) is 4.32. The fourth-order valence-electron chi connectivity index (χ4n) is 3.06. The number of ether oxygens (including phenoxy) is 1. The summed E-state index contributed by atoms with van der Waals surface area (Å²) in [6.07, 6.45) is -1.45. The number of fused-ring (bicyclic) bond motifs is 1. The average Bonchev–Trinajstić information content (AvgIpc) is 3.08. The summed E-state index contributed by atoms with van der Waals surface area (Å²) in [4.78, 5) is 14.5. The lowest BCUT2D eigenvalue weighted by Gasteiger charge is -2.29. The zero-order valence-corrected chi connectivity index (χ0v) is 15.6. The normalized spacial score (nSPS) is 28.7. The molecule has 2 aromatic heterocycles. The van der Waals surface area contributed by atoms with Gasteiger partial charge in [0.2, 0.25) is 16.0 Å². The van der Waals surface area contributed by atoms with Crippen LogP contribution in [0, 0.1) is 0 Å². The standard InChI is InChI=1S/C13H21N7O6S/c1-13(9(23)8(22)6(4-21)26-13)20-5-15-7-10(16-12(14)17-11(7)20)19(2)18-27(3,24)25/h5-6,8-9,18,21-23H,4H2,1-3H3,(H2,14,16,17)/t6-,8-,9+,13-/m1/s1. The zero-order valence-electron chi connectivity index (χ0n) is 14.8. The van der Waals surface area contributed by atoms with Crippen LogP contribution in [0.5, 0.6) is 0 Å². The Bertz CT molecular complexity index is 965. The van der Waals surface area contributed by atoms with Crippen molar-refractivity contribution in [2.45, 2.75) is 31.0 Å². The van der Waals surface area contributed by atoms with Gasteiger partial charge in [-0.25, -0.2) is 13.4 Å². The molecule has 0 unspecified atom stereocenters. The number of nitrogens with one attached hydrogen (secondary N) is 1. The smallest absolute Gasteiger partial charge is 0.225 e. The molecule has 150 valence electrons. The van der Waals surface area contributed by atoms with Gasteiger partial charge in [-0.3, -0.25) is 9.58 Å². The van der Waals surface area contributed by atoms with Crippen LogP contribution < -0.4 is 15.6 Å². The Hall–Kier alpha value is -2.10. The van der Waals surface area contributed by atoms with E-state index < -0.39 is 40.7 Å². The molecule has 1 aliphatic rings. The molecule has 6 N–H and O–H groups in total. The van der Waals surface area contributed by atoms with Crippen molar-refractivity contribution in [2.75, 3.05) is 30.7 Å². The van der Waals surface area contributed by atoms with E-state index >= 15 is 0 Å². The molecule has 14 heteroatoms. The molecule has 3 heterocycles. The number of aliphatic hydroxyl groups excluding tert-OH is 3. The molecule has 27 heavy (non-hydrogen) atoms. The molecule has 0 radical (unpaired) electrons. The predicted octanol–water partition coefficient (Wildman–Crippen LogP) is -2.91. The van der Waals surface area contributed by atoms with Gasteiger partial charge in [-0.05, 0) is 6.92 Å². The van der Waals surface area contributed by atoms with Crippen LogP contribution in [-0.2, 0) is 20.5 Å². The van der Waals surface area contributed by atoms with E-state index in [-0.39, 0.29) is 22.9 Å². The first-order valence-corrected chi connectivity index (χ1v) is 9.74. The topological polar surface area (TPSA) is 189 Å². The SMILES string of the molecule is CN(NS(C)(=O)=O)c1nc(N)nc2c1ncn2[C@]1(C)O[C@H](CO)[C@@H](O)[C@@H]1O. The molecule has 1 aliphatic heterocycles. The predicted molar refractivity (Wildman–Crippen MR) is 93.7 cm³/mol. The monoisotopic (exact) mass is 403 g/mol. The van der Waals surface area contributed by atoms with Crippen molar-refractivity contribution in [3.8, 4) is 0 Å². The molecule has 1 fully saturated rings. The van der Waals surface area contributed by atoms with E-state index in [1.54, 1.807) is 0 Å². The highest BCUT2D eigenvalue weighted by atomic mass is 32.2. The van der Waals surface area contributed by atoms with E-state index in [0.717, 1.165) is 11.3 Å². The first-order valence-electron chi connectivity index (χ1n) is 7.85. The number of nitrogens with two attached hydrogens (primary N) is 1. The van der Waals surface area contributed by atoms with Crippen molar-refractivity contribution in [3.63, 3.8) is 0 Å². The van der Waals surface area contributed by atoms with Crippen LogP contribution in [0.2, 0.25) is 0 Å². The Morgan fingerprint density at radius 2 is 2.11 bits per heavy atom. The van der Waals surface area contributed by atoms with E-state index in [1.165, 1.54) is 24.9 Å². The molecule has 0 bridgehead atoms. The number of anilines is 2. The minimum absolute atomic E-state index is 0.0806. The van der Waals surface area contributed by atoms with E-state index in [2.05, 4.69) is 19.8 Å². The number of aromatic nitrogens is 4. The average molecular weight is 403 g/mol. The van der Waals surface area contributed by atoms with Gasteiger partial charge in [0.15, 0.2) is 22.7 Å². The highest BCUT2D eigenvalue weighted by molar-refractivity contribution is 7.88. The van der Waals surface area contributed by atoms with Crippen LogP contribution in [0.4, 0.5) is 11.8 Å². The minimum atomic E-state index is -3.59. The van der Waals surface area contributed by atoms with Gasteiger partial charge < -0.3 is 25.8 Å². The van der Waals surface area contributed by atoms with Gasteiger partial charge in [0, 0.05) is 7.05 Å². The van der Waals surface area contributed by atoms with Gasteiger partial charge in [-0.2, -0.15) is 9.97 Å². The Labute approximate surface area is 154 Å². The Balaban J connectivity index is 2.13. The quantitative estimate of drug-likeness (QED) is 0.322. The number of nitrogen functional groups attached to an aromatic ring is 1. The lowest BCUT2D eigenvalue weighted by Crippen LogP contribution is -2.43. The molecular weight excluding hydrogens is 382 g/mol. The zero-order chi connectivity index (χ0) is 20.1. The summed E-state index contributed by atoms with van der Waals surface area (Å²) in [5.41, 5.74) is 4.58. The maximum atomic E-state index is 11.5. The van der Waals surface area contributed by atoms with Crippen molar-refractivity contribution >= 4 is 33.0 Å². The summed E-state index contributed by atoms with van der Waals surface area (Å²) in [5, 5.41) is 31.0. The van der Waals surface area contributed by atoms with Crippen molar-refractivity contribution in [2.24, 2.45) is 0 Å². The first kappa shape index (κ1) is 19.7. The Kier molecular flexibility index (Phi) is 4.73. The molecule has 13 nitrogen and oxygen atoms in total. The van der Waals surface area contributed by atoms with Gasteiger partial charge >= 0.3 is 0 Å². The minimum Gasteiger partial charge on any atom is -0.394 e. The van der Waals surface area contributed by atoms with Gasteiger partial charge in [-0.1, -0.05) is 0 Å². The van der Waals surface area contributed by atoms with Gasteiger partial charge in [-0.15, -0.1) is 4.83 Å². The Morgan fingerprint density at radius 3 is 2.67 bits per heavy atom. The lowest BCUT2D eigenvalue weighted by atomic mass is 10.0. The molecule has 0 amide bonds. The summed E-state index contributed by atoms with van der Waals surface area (Å²) in [7, 11) is -2.17. The van der Waals surface area contributed by atoms with Crippen molar-refractivity contribution in [3.05, 3.63) is 6.33 Å². The van der Waals surface area contributed by atoms with Crippen LogP contribution in [-0.4, -0.2) is 81.5 Å². The lowest BCUT2D eigenvalue weighted by molar-refractivity contribution is -0.132. The van der Waals surface area contributed by atoms with E-state index in [9.17, 15) is 23.7 Å². The summed E-state index contributed by atoms with van der Waals surface area (Å²) >= 11 is 0. The summed E-state index contributed by atoms with van der Waals surface area (Å²) in [6.45, 7) is 0.998. The number of hydrazine groups is 1. The molecule has 2 aromatic rings. The molecule has 4 atom stereocenters. The van der Waals surface area contributed by atoms with Gasteiger partial charge in [0.05, 0.1) is 19.2 Å². The number of imidazole rings is 1. The summed E-state index contributed by atoms with van der Waals surface area (Å²) in [5.74, 6) is -0.0891. The second-order valence-corrected chi connectivity index (χ2v) is 8.17. The van der Waals surface area contributed by atoms with Crippen LogP contribution >= 0.6 is 0 Å². The van der Waals surface area contributed by atoms with E-state index in [4.69, 9.17) is 10.5 Å². The van der Waals surface area contributed by atoms with Crippen LogP contribution in [0.15, 0.2) is 6.33 Å². The molecule has 0 aromatic carbocycles. The number of sulfonamides is 1. The molecule has 0 spiro atoms. The fraction of sp³-hybridized carbons (Fsp3) is 0.615.